The van der Waals surface area contributed by atoms with E-state index in [1.165, 1.54) is 25.7 Å². The molecule has 0 saturated carbocycles. The summed E-state index contributed by atoms with van der Waals surface area (Å²) in [7, 11) is 0. The van der Waals surface area contributed by atoms with Crippen LogP contribution in [0.5, 0.6) is 0 Å². The van der Waals surface area contributed by atoms with Crippen molar-refractivity contribution in [2.45, 2.75) is 31.7 Å². The summed E-state index contributed by atoms with van der Waals surface area (Å²) in [6.45, 7) is 2.47. The molecule has 1 aliphatic heterocycles. The van der Waals surface area contributed by atoms with Gasteiger partial charge in [-0.1, -0.05) is 18.0 Å². The van der Waals surface area contributed by atoms with Gasteiger partial charge in [-0.05, 0) is 50.2 Å². The van der Waals surface area contributed by atoms with Crippen LogP contribution in [0.4, 0.5) is 0 Å². The number of aromatic nitrogens is 1. The molecule has 4 rings (SSSR count). The van der Waals surface area contributed by atoms with Crippen LogP contribution in [0, 0.1) is 0 Å². The Hall–Kier alpha value is -2.80. The van der Waals surface area contributed by atoms with E-state index >= 15 is 0 Å². The third kappa shape index (κ3) is 4.14. The van der Waals surface area contributed by atoms with Crippen molar-refractivity contribution in [3.05, 3.63) is 54.3 Å². The summed E-state index contributed by atoms with van der Waals surface area (Å²) in [5, 5.41) is 6.83. The average Bonchev–Trinajstić information content (AvgIpc) is 3.42. The van der Waals surface area contributed by atoms with E-state index in [0.717, 1.165) is 18.8 Å². The summed E-state index contributed by atoms with van der Waals surface area (Å²) in [6, 6.07) is 8.96. The molecular weight excluding hydrogens is 346 g/mol. The SMILES string of the molecule is O=C(NCC(c1ccco1)N1CCCCCC1)c1cc(-c2ccco2)on1. The molecule has 1 N–H and O–H groups in total. The molecule has 1 fully saturated rings. The number of nitrogens with one attached hydrogen (secondary N) is 1. The maximum Gasteiger partial charge on any atom is 0.273 e. The van der Waals surface area contributed by atoms with Crippen LogP contribution >= 0.6 is 0 Å². The average molecular weight is 369 g/mol. The molecule has 1 saturated heterocycles. The lowest BCUT2D eigenvalue weighted by Crippen LogP contribution is -2.38. The zero-order valence-electron chi connectivity index (χ0n) is 15.1. The van der Waals surface area contributed by atoms with Gasteiger partial charge < -0.3 is 18.7 Å². The maximum absolute atomic E-state index is 12.5. The molecule has 7 nitrogen and oxygen atoms in total. The van der Waals surface area contributed by atoms with Crippen molar-refractivity contribution in [1.82, 2.24) is 15.4 Å². The molecule has 0 aliphatic carbocycles. The molecule has 7 heteroatoms. The fourth-order valence-electron chi connectivity index (χ4n) is 3.49. The highest BCUT2D eigenvalue weighted by Crippen LogP contribution is 2.25. The smallest absolute Gasteiger partial charge is 0.273 e. The van der Waals surface area contributed by atoms with Gasteiger partial charge in [-0.3, -0.25) is 9.69 Å². The first-order chi connectivity index (χ1) is 13.3. The minimum atomic E-state index is -0.275. The Morgan fingerprint density at radius 2 is 1.85 bits per heavy atom. The summed E-state index contributed by atoms with van der Waals surface area (Å²) in [5.41, 5.74) is 0.232. The number of rotatable bonds is 6. The van der Waals surface area contributed by atoms with Gasteiger partial charge in [0.15, 0.2) is 11.5 Å². The third-order valence-electron chi connectivity index (χ3n) is 4.92. The van der Waals surface area contributed by atoms with Gasteiger partial charge in [-0.15, -0.1) is 0 Å². The van der Waals surface area contributed by atoms with E-state index in [9.17, 15) is 4.79 Å². The molecule has 1 amide bonds. The number of carbonyl (C=O) groups is 1. The molecule has 4 heterocycles. The van der Waals surface area contributed by atoms with Gasteiger partial charge in [0.1, 0.15) is 5.76 Å². The molecule has 1 unspecified atom stereocenters. The van der Waals surface area contributed by atoms with Crippen molar-refractivity contribution in [1.29, 1.82) is 0 Å². The third-order valence-corrected chi connectivity index (χ3v) is 4.92. The molecule has 1 aliphatic rings. The number of carbonyl (C=O) groups excluding carboxylic acids is 1. The lowest BCUT2D eigenvalue weighted by Gasteiger charge is -2.29. The Morgan fingerprint density at radius 1 is 1.07 bits per heavy atom. The fraction of sp³-hybridized carbons (Fsp3) is 0.400. The molecule has 142 valence electrons. The van der Waals surface area contributed by atoms with Crippen molar-refractivity contribution in [2.24, 2.45) is 0 Å². The second-order valence-corrected chi connectivity index (χ2v) is 6.75. The topological polar surface area (TPSA) is 84.7 Å². The lowest BCUT2D eigenvalue weighted by molar-refractivity contribution is 0.0918. The zero-order valence-corrected chi connectivity index (χ0v) is 15.1. The zero-order chi connectivity index (χ0) is 18.5. The Labute approximate surface area is 157 Å². The van der Waals surface area contributed by atoms with Gasteiger partial charge in [-0.2, -0.15) is 0 Å². The van der Waals surface area contributed by atoms with E-state index < -0.39 is 0 Å². The Kier molecular flexibility index (Phi) is 5.39. The molecule has 3 aromatic heterocycles. The first kappa shape index (κ1) is 17.6. The normalized spacial score (nSPS) is 16.7. The van der Waals surface area contributed by atoms with Gasteiger partial charge in [0.25, 0.3) is 5.91 Å². The van der Waals surface area contributed by atoms with E-state index in [1.54, 1.807) is 30.7 Å². The van der Waals surface area contributed by atoms with Crippen LogP contribution in [0.1, 0.15) is 48.0 Å². The minimum absolute atomic E-state index is 0.0125. The van der Waals surface area contributed by atoms with Crippen LogP contribution in [0.3, 0.4) is 0 Å². The summed E-state index contributed by atoms with van der Waals surface area (Å²) in [6.07, 6.45) is 8.06. The number of amides is 1. The Balaban J connectivity index is 1.43. The summed E-state index contributed by atoms with van der Waals surface area (Å²) < 4.78 is 16.1. The summed E-state index contributed by atoms with van der Waals surface area (Å²) in [5.74, 6) is 1.57. The number of likely N-dealkylation sites (tertiary alicyclic amines) is 1. The van der Waals surface area contributed by atoms with E-state index in [-0.39, 0.29) is 17.6 Å². The Morgan fingerprint density at radius 3 is 2.56 bits per heavy atom. The minimum Gasteiger partial charge on any atom is -0.468 e. The van der Waals surface area contributed by atoms with Gasteiger partial charge in [0.05, 0.1) is 18.6 Å². The fourth-order valence-corrected chi connectivity index (χ4v) is 3.49. The van der Waals surface area contributed by atoms with Crippen molar-refractivity contribution in [2.75, 3.05) is 19.6 Å². The molecule has 1 atom stereocenters. The monoisotopic (exact) mass is 369 g/mol. The predicted molar refractivity (Wildman–Crippen MR) is 98.0 cm³/mol. The largest absolute Gasteiger partial charge is 0.468 e. The van der Waals surface area contributed by atoms with Crippen molar-refractivity contribution in [3.63, 3.8) is 0 Å². The van der Waals surface area contributed by atoms with Gasteiger partial charge >= 0.3 is 0 Å². The van der Waals surface area contributed by atoms with Crippen LogP contribution in [-0.2, 0) is 0 Å². The van der Waals surface area contributed by atoms with Gasteiger partial charge in [0.2, 0.25) is 5.76 Å². The van der Waals surface area contributed by atoms with Crippen LogP contribution in [0.2, 0.25) is 0 Å². The van der Waals surface area contributed by atoms with Crippen molar-refractivity contribution >= 4 is 5.91 Å². The van der Waals surface area contributed by atoms with E-state index in [4.69, 9.17) is 13.4 Å². The second kappa shape index (κ2) is 8.26. The highest BCUT2D eigenvalue weighted by molar-refractivity contribution is 5.92. The van der Waals surface area contributed by atoms with Gasteiger partial charge in [0, 0.05) is 12.6 Å². The van der Waals surface area contributed by atoms with Crippen LogP contribution in [0.25, 0.3) is 11.5 Å². The van der Waals surface area contributed by atoms with E-state index in [0.29, 0.717) is 18.1 Å². The first-order valence-corrected chi connectivity index (χ1v) is 9.37. The molecular formula is C20H23N3O4. The number of nitrogens with zero attached hydrogens (tertiary/aromatic N) is 2. The summed E-state index contributed by atoms with van der Waals surface area (Å²) in [4.78, 5) is 14.9. The molecule has 3 aromatic rings. The molecule has 0 aromatic carbocycles. The van der Waals surface area contributed by atoms with Crippen LogP contribution in [0.15, 0.2) is 56.2 Å². The molecule has 0 radical (unpaired) electrons. The second-order valence-electron chi connectivity index (χ2n) is 6.75. The first-order valence-electron chi connectivity index (χ1n) is 9.37. The molecule has 0 spiro atoms. The maximum atomic E-state index is 12.5. The highest BCUT2D eigenvalue weighted by atomic mass is 16.5. The van der Waals surface area contributed by atoms with Gasteiger partial charge in [-0.25, -0.2) is 0 Å². The van der Waals surface area contributed by atoms with Crippen molar-refractivity contribution < 1.29 is 18.2 Å². The Bertz CT molecular complexity index is 831. The van der Waals surface area contributed by atoms with Crippen molar-refractivity contribution in [3.8, 4) is 11.5 Å². The van der Waals surface area contributed by atoms with E-state index in [2.05, 4.69) is 15.4 Å². The number of hydrogen-bond acceptors (Lipinski definition) is 6. The standard InChI is InChI=1S/C20H23N3O4/c24-20(15-13-19(27-22-15)18-8-6-12-26-18)21-14-16(17-7-5-11-25-17)23-9-3-1-2-4-10-23/h5-8,11-13,16H,1-4,9-10,14H2,(H,21,24). The predicted octanol–water partition coefficient (Wildman–Crippen LogP) is 3.87. The molecule has 0 bridgehead atoms. The van der Waals surface area contributed by atoms with Crippen LogP contribution in [-0.4, -0.2) is 35.6 Å². The molecule has 27 heavy (non-hydrogen) atoms. The lowest BCUT2D eigenvalue weighted by atomic mass is 10.1. The number of hydrogen-bond donors (Lipinski definition) is 1. The quantitative estimate of drug-likeness (QED) is 0.710. The summed E-state index contributed by atoms with van der Waals surface area (Å²) >= 11 is 0. The van der Waals surface area contributed by atoms with E-state index in [1.807, 2.05) is 12.1 Å². The highest BCUT2D eigenvalue weighted by Gasteiger charge is 2.25. The van der Waals surface area contributed by atoms with Crippen LogP contribution < -0.4 is 5.32 Å². The number of furan rings is 2.